The molecule has 8 heteroatoms. The summed E-state index contributed by atoms with van der Waals surface area (Å²) < 4.78 is 0. The number of aromatic amines is 1. The van der Waals surface area contributed by atoms with Crippen LogP contribution < -0.4 is 10.6 Å². The molecule has 5 rings (SSSR count). The summed E-state index contributed by atoms with van der Waals surface area (Å²) in [6.07, 6.45) is 5.42. The maximum Gasteiger partial charge on any atom is 0.335 e. The Morgan fingerprint density at radius 3 is 2.45 bits per heavy atom. The Balaban J connectivity index is 1.43. The van der Waals surface area contributed by atoms with Crippen LogP contribution in [0.4, 0.5) is 11.4 Å². The summed E-state index contributed by atoms with van der Waals surface area (Å²) in [5, 5.41) is 25.2. The maximum atomic E-state index is 12.6. The summed E-state index contributed by atoms with van der Waals surface area (Å²) in [5.41, 5.74) is 4.95. The predicted octanol–water partition coefficient (Wildman–Crippen LogP) is 4.04. The molecule has 0 spiro atoms. The monoisotopic (exact) mass is 443 g/mol. The number of carbonyl (C=O) groups excluding carboxylic acids is 2. The van der Waals surface area contributed by atoms with Crippen LogP contribution in [0, 0.1) is 0 Å². The molecule has 0 fully saturated rings. The number of aromatic carboxylic acids is 1. The number of rotatable bonds is 4. The number of carboxylic acids is 1. The van der Waals surface area contributed by atoms with Crippen molar-refractivity contribution in [2.45, 2.75) is 25.7 Å². The molecule has 33 heavy (non-hydrogen) atoms. The Morgan fingerprint density at radius 1 is 1.00 bits per heavy atom. The summed E-state index contributed by atoms with van der Waals surface area (Å²) in [5.74, 6) is -1.56. The van der Waals surface area contributed by atoms with Crippen LogP contribution in [0.25, 0.3) is 11.6 Å². The molecule has 1 aliphatic carbocycles. The van der Waals surface area contributed by atoms with Gasteiger partial charge in [-0.2, -0.15) is 0 Å². The zero-order chi connectivity index (χ0) is 23.1. The number of carboxylic acid groups (broad SMARTS) is 1. The fraction of sp³-hybridized carbons (Fsp3) is 0.160. The number of anilines is 2. The predicted molar refractivity (Wildman–Crippen MR) is 123 cm³/mol. The van der Waals surface area contributed by atoms with E-state index in [-0.39, 0.29) is 17.2 Å². The number of benzene rings is 2. The minimum Gasteiger partial charge on any atom is -0.505 e. The molecule has 2 heterocycles. The van der Waals surface area contributed by atoms with E-state index in [4.69, 9.17) is 5.11 Å². The topological polar surface area (TPSA) is 132 Å². The molecule has 1 aromatic heterocycles. The van der Waals surface area contributed by atoms with Gasteiger partial charge >= 0.3 is 5.97 Å². The first kappa shape index (κ1) is 20.6. The minimum absolute atomic E-state index is 0.0951. The van der Waals surface area contributed by atoms with Gasteiger partial charge in [-0.05, 0) is 74.2 Å². The molecule has 5 N–H and O–H groups in total. The Labute approximate surface area is 189 Å². The van der Waals surface area contributed by atoms with Crippen molar-refractivity contribution >= 4 is 40.8 Å². The summed E-state index contributed by atoms with van der Waals surface area (Å²) in [6, 6.07) is 10.7. The molecule has 0 unspecified atom stereocenters. The first-order valence-electron chi connectivity index (χ1n) is 10.7. The summed E-state index contributed by atoms with van der Waals surface area (Å²) in [7, 11) is 0. The van der Waals surface area contributed by atoms with Crippen LogP contribution in [0.15, 0.2) is 42.5 Å². The molecule has 1 aliphatic heterocycles. The second kappa shape index (κ2) is 7.98. The lowest BCUT2D eigenvalue weighted by Crippen LogP contribution is -2.12. The van der Waals surface area contributed by atoms with Gasteiger partial charge in [0, 0.05) is 33.8 Å². The quantitative estimate of drug-likeness (QED) is 0.388. The molecule has 0 saturated heterocycles. The Bertz CT molecular complexity index is 1330. The van der Waals surface area contributed by atoms with Gasteiger partial charge in [-0.25, -0.2) is 4.79 Å². The number of H-pyrrole nitrogens is 1. The average molecular weight is 443 g/mol. The van der Waals surface area contributed by atoms with Crippen molar-refractivity contribution in [2.24, 2.45) is 0 Å². The van der Waals surface area contributed by atoms with Crippen molar-refractivity contribution in [1.29, 1.82) is 0 Å². The van der Waals surface area contributed by atoms with Crippen LogP contribution in [-0.2, 0) is 17.6 Å². The minimum atomic E-state index is -1.06. The van der Waals surface area contributed by atoms with Crippen LogP contribution >= 0.6 is 0 Å². The van der Waals surface area contributed by atoms with Gasteiger partial charge < -0.3 is 25.8 Å². The van der Waals surface area contributed by atoms with E-state index in [9.17, 15) is 19.5 Å². The lowest BCUT2D eigenvalue weighted by atomic mass is 9.97. The molecule has 166 valence electrons. The van der Waals surface area contributed by atoms with Gasteiger partial charge in [-0.15, -0.1) is 0 Å². The zero-order valence-electron chi connectivity index (χ0n) is 17.6. The Morgan fingerprint density at radius 2 is 1.73 bits per heavy atom. The second-order valence-corrected chi connectivity index (χ2v) is 8.16. The van der Waals surface area contributed by atoms with Crippen LogP contribution in [0.3, 0.4) is 0 Å². The third-order valence-corrected chi connectivity index (χ3v) is 6.04. The Hall–Kier alpha value is -4.33. The highest BCUT2D eigenvalue weighted by molar-refractivity contribution is 6.35. The largest absolute Gasteiger partial charge is 0.505 e. The molecule has 8 nitrogen and oxygen atoms in total. The number of fused-ring (bicyclic) bond motifs is 2. The van der Waals surface area contributed by atoms with E-state index >= 15 is 0 Å². The van der Waals surface area contributed by atoms with Crippen LogP contribution in [0.2, 0.25) is 0 Å². The fourth-order valence-electron chi connectivity index (χ4n) is 4.31. The lowest BCUT2D eigenvalue weighted by molar-refractivity contribution is -0.110. The number of carbonyl (C=O) groups is 3. The third-order valence-electron chi connectivity index (χ3n) is 6.04. The van der Waals surface area contributed by atoms with E-state index in [2.05, 4.69) is 15.6 Å². The van der Waals surface area contributed by atoms with Crippen molar-refractivity contribution in [3.05, 3.63) is 76.1 Å². The van der Waals surface area contributed by atoms with Gasteiger partial charge in [0.2, 0.25) is 0 Å². The highest BCUT2D eigenvalue weighted by atomic mass is 16.4. The van der Waals surface area contributed by atoms with Gasteiger partial charge in [0.15, 0.2) is 0 Å². The van der Waals surface area contributed by atoms with E-state index in [1.807, 2.05) is 0 Å². The first-order valence-corrected chi connectivity index (χ1v) is 10.7. The van der Waals surface area contributed by atoms with Gasteiger partial charge in [-0.1, -0.05) is 0 Å². The molecule has 3 aromatic rings. The molecule has 2 amide bonds. The van der Waals surface area contributed by atoms with Crippen molar-refractivity contribution in [3.8, 4) is 5.75 Å². The number of aryl methyl sites for hydroxylation is 1. The van der Waals surface area contributed by atoms with Crippen LogP contribution in [0.1, 0.15) is 56.1 Å². The van der Waals surface area contributed by atoms with Gasteiger partial charge in [-0.3, -0.25) is 9.59 Å². The molecular formula is C25H21N3O5. The van der Waals surface area contributed by atoms with E-state index in [1.54, 1.807) is 24.3 Å². The first-order chi connectivity index (χ1) is 15.9. The van der Waals surface area contributed by atoms with Gasteiger partial charge in [0.25, 0.3) is 11.8 Å². The maximum absolute atomic E-state index is 12.6. The van der Waals surface area contributed by atoms with E-state index in [0.717, 1.165) is 36.9 Å². The third kappa shape index (κ3) is 3.76. The van der Waals surface area contributed by atoms with Crippen LogP contribution in [0.5, 0.6) is 5.75 Å². The standard InChI is InChI=1S/C25H21N3O5/c29-22-16-3-1-2-4-19(16)27-21(22)12-18-17-11-15(9-10-20(17)28-24(18)31)26-23(30)13-5-7-14(8-6-13)25(32)33/h5-12,27,29H,1-4H2,(H,26,30)(H,28,31)(H,32,33). The van der Waals surface area contributed by atoms with Crippen LogP contribution in [-0.4, -0.2) is 33.0 Å². The average Bonchev–Trinajstić information content (AvgIpc) is 3.30. The Kier molecular flexibility index (Phi) is 4.97. The highest BCUT2D eigenvalue weighted by Crippen LogP contribution is 2.38. The molecule has 0 bridgehead atoms. The smallest absolute Gasteiger partial charge is 0.335 e. The van der Waals surface area contributed by atoms with Crippen molar-refractivity contribution in [3.63, 3.8) is 0 Å². The number of nitrogens with one attached hydrogen (secondary N) is 3. The van der Waals surface area contributed by atoms with E-state index in [1.165, 1.54) is 24.3 Å². The normalized spacial score (nSPS) is 15.6. The summed E-state index contributed by atoms with van der Waals surface area (Å²) in [4.78, 5) is 39.5. The molecule has 0 saturated carbocycles. The number of hydrogen-bond donors (Lipinski definition) is 5. The van der Waals surface area contributed by atoms with Crippen molar-refractivity contribution in [1.82, 2.24) is 4.98 Å². The zero-order valence-corrected chi connectivity index (χ0v) is 17.6. The van der Waals surface area contributed by atoms with Gasteiger partial charge in [0.05, 0.1) is 16.8 Å². The number of aromatic nitrogens is 1. The van der Waals surface area contributed by atoms with Crippen molar-refractivity contribution in [2.75, 3.05) is 10.6 Å². The fourth-order valence-corrected chi connectivity index (χ4v) is 4.31. The number of amides is 2. The van der Waals surface area contributed by atoms with E-state index < -0.39 is 11.9 Å². The summed E-state index contributed by atoms with van der Waals surface area (Å²) in [6.45, 7) is 0. The highest BCUT2D eigenvalue weighted by Gasteiger charge is 2.27. The summed E-state index contributed by atoms with van der Waals surface area (Å²) >= 11 is 0. The molecular weight excluding hydrogens is 422 g/mol. The lowest BCUT2D eigenvalue weighted by Gasteiger charge is -2.09. The van der Waals surface area contributed by atoms with E-state index in [0.29, 0.717) is 33.8 Å². The molecule has 2 aliphatic rings. The molecule has 2 aromatic carbocycles. The van der Waals surface area contributed by atoms with Crippen molar-refractivity contribution < 1.29 is 24.6 Å². The number of aromatic hydroxyl groups is 1. The SMILES string of the molecule is O=C1Nc2ccc(NC(=O)c3ccc(C(=O)O)cc3)cc2C1=Cc1[nH]c2c(c1O)CCCC2. The molecule has 0 atom stereocenters. The molecule has 0 radical (unpaired) electrons. The number of hydrogen-bond acceptors (Lipinski definition) is 4. The second-order valence-electron chi connectivity index (χ2n) is 8.16. The van der Waals surface area contributed by atoms with Gasteiger partial charge in [0.1, 0.15) is 5.75 Å².